The predicted molar refractivity (Wildman–Crippen MR) is 122 cm³/mol. The number of carbonyl (C=O) groups is 1. The second-order valence-electron chi connectivity index (χ2n) is 8.30. The zero-order valence-electron chi connectivity index (χ0n) is 18.9. The van der Waals surface area contributed by atoms with Gasteiger partial charge in [0.05, 0.1) is 5.56 Å². The molecule has 0 radical (unpaired) electrons. The van der Waals surface area contributed by atoms with Gasteiger partial charge in [0.15, 0.2) is 0 Å². The standard InChI is InChI=1S/C25H23F4NO4S/c1-17(2)15-30(24(31)19-9-11-21(26)12-10-19)16-18-5-3-7-22(13-18)34-35(32,33)23-8-4-6-20(14-23)25(27,28)29/h3-14,17H,15-16H2,1-2H3. The molecule has 3 aromatic rings. The van der Waals surface area contributed by atoms with Crippen LogP contribution in [0.15, 0.2) is 77.7 Å². The predicted octanol–water partition coefficient (Wildman–Crippen LogP) is 5.91. The van der Waals surface area contributed by atoms with Crippen molar-refractivity contribution in [3.63, 3.8) is 0 Å². The van der Waals surface area contributed by atoms with E-state index in [1.807, 2.05) is 13.8 Å². The van der Waals surface area contributed by atoms with E-state index in [9.17, 15) is 30.8 Å². The molecule has 0 aliphatic rings. The number of benzene rings is 3. The van der Waals surface area contributed by atoms with E-state index in [-0.39, 0.29) is 24.1 Å². The van der Waals surface area contributed by atoms with Gasteiger partial charge in [-0.15, -0.1) is 0 Å². The van der Waals surface area contributed by atoms with E-state index in [4.69, 9.17) is 4.18 Å². The summed E-state index contributed by atoms with van der Waals surface area (Å²) in [5, 5.41) is 0. The fourth-order valence-electron chi connectivity index (χ4n) is 3.35. The molecule has 0 saturated heterocycles. The summed E-state index contributed by atoms with van der Waals surface area (Å²) in [6, 6.07) is 14.3. The smallest absolute Gasteiger partial charge is 0.379 e. The SMILES string of the molecule is CC(C)CN(Cc1cccc(OS(=O)(=O)c2cccc(C(F)(F)F)c2)c1)C(=O)c1ccc(F)cc1. The van der Waals surface area contributed by atoms with Gasteiger partial charge in [-0.05, 0) is 66.1 Å². The third-order valence-electron chi connectivity index (χ3n) is 4.89. The molecule has 0 N–H and O–H groups in total. The van der Waals surface area contributed by atoms with Crippen molar-refractivity contribution in [1.82, 2.24) is 4.90 Å². The number of halogens is 4. The summed E-state index contributed by atoms with van der Waals surface area (Å²) in [6.07, 6.45) is -4.71. The minimum Gasteiger partial charge on any atom is -0.379 e. The van der Waals surface area contributed by atoms with Crippen LogP contribution in [0.25, 0.3) is 0 Å². The van der Waals surface area contributed by atoms with Crippen LogP contribution in [0.5, 0.6) is 5.75 Å². The summed E-state index contributed by atoms with van der Waals surface area (Å²) < 4.78 is 82.4. The molecule has 3 aromatic carbocycles. The Hall–Kier alpha value is -3.40. The number of hydrogen-bond acceptors (Lipinski definition) is 4. The summed E-state index contributed by atoms with van der Waals surface area (Å²) in [5.74, 6) is -0.802. The number of hydrogen-bond donors (Lipinski definition) is 0. The maximum absolute atomic E-state index is 13.2. The molecule has 0 aliphatic carbocycles. The molecule has 0 fully saturated rings. The first-order valence-electron chi connectivity index (χ1n) is 10.6. The van der Waals surface area contributed by atoms with E-state index in [0.29, 0.717) is 23.7 Å². The summed E-state index contributed by atoms with van der Waals surface area (Å²) in [6.45, 7) is 4.33. The van der Waals surface area contributed by atoms with Gasteiger partial charge in [0, 0.05) is 18.7 Å². The minimum atomic E-state index is -4.71. The topological polar surface area (TPSA) is 63.7 Å². The van der Waals surface area contributed by atoms with E-state index in [0.717, 1.165) is 18.2 Å². The zero-order valence-corrected chi connectivity index (χ0v) is 19.7. The molecule has 0 aromatic heterocycles. The van der Waals surface area contributed by atoms with Gasteiger partial charge in [-0.1, -0.05) is 32.0 Å². The van der Waals surface area contributed by atoms with Gasteiger partial charge in [0.1, 0.15) is 16.5 Å². The van der Waals surface area contributed by atoms with Crippen molar-refractivity contribution in [2.45, 2.75) is 31.5 Å². The van der Waals surface area contributed by atoms with Gasteiger partial charge in [-0.25, -0.2) is 4.39 Å². The number of carbonyl (C=O) groups excluding carboxylic acids is 1. The Morgan fingerprint density at radius 3 is 2.26 bits per heavy atom. The molecule has 186 valence electrons. The van der Waals surface area contributed by atoms with E-state index >= 15 is 0 Å². The molecule has 3 rings (SSSR count). The molecular weight excluding hydrogens is 486 g/mol. The second-order valence-corrected chi connectivity index (χ2v) is 9.84. The molecule has 10 heteroatoms. The van der Waals surface area contributed by atoms with Crippen molar-refractivity contribution in [3.8, 4) is 5.75 Å². The molecule has 1 amide bonds. The number of amides is 1. The van der Waals surface area contributed by atoms with Gasteiger partial charge in [0.25, 0.3) is 5.91 Å². The summed E-state index contributed by atoms with van der Waals surface area (Å²) in [7, 11) is -4.54. The average Bonchev–Trinajstić information content (AvgIpc) is 2.78. The van der Waals surface area contributed by atoms with Crippen LogP contribution in [0.4, 0.5) is 17.6 Å². The quantitative estimate of drug-likeness (QED) is 0.280. The number of rotatable bonds is 8. The highest BCUT2D eigenvalue weighted by Gasteiger charge is 2.32. The highest BCUT2D eigenvalue weighted by atomic mass is 32.2. The van der Waals surface area contributed by atoms with Crippen molar-refractivity contribution in [1.29, 1.82) is 0 Å². The number of alkyl halides is 3. The van der Waals surface area contributed by atoms with Crippen LogP contribution < -0.4 is 4.18 Å². The second kappa shape index (κ2) is 10.5. The van der Waals surface area contributed by atoms with E-state index in [1.165, 1.54) is 42.5 Å². The molecular formula is C25H23F4NO4S. The van der Waals surface area contributed by atoms with Crippen LogP contribution >= 0.6 is 0 Å². The molecule has 5 nitrogen and oxygen atoms in total. The van der Waals surface area contributed by atoms with Crippen LogP contribution in [-0.2, 0) is 22.8 Å². The van der Waals surface area contributed by atoms with Crippen LogP contribution in [-0.4, -0.2) is 25.8 Å². The molecule has 35 heavy (non-hydrogen) atoms. The molecule has 0 saturated carbocycles. The van der Waals surface area contributed by atoms with Crippen molar-refractivity contribution < 1.29 is 35.0 Å². The Morgan fingerprint density at radius 1 is 0.971 bits per heavy atom. The number of nitrogens with zero attached hydrogens (tertiary/aromatic N) is 1. The Balaban J connectivity index is 1.83. The molecule has 0 spiro atoms. The van der Waals surface area contributed by atoms with Crippen LogP contribution in [0, 0.1) is 11.7 Å². The van der Waals surface area contributed by atoms with Crippen molar-refractivity contribution in [2.75, 3.05) is 6.54 Å². The lowest BCUT2D eigenvalue weighted by Crippen LogP contribution is -2.33. The molecule has 0 bridgehead atoms. The van der Waals surface area contributed by atoms with Gasteiger partial charge in [-0.3, -0.25) is 4.79 Å². The van der Waals surface area contributed by atoms with Crippen molar-refractivity contribution in [2.24, 2.45) is 5.92 Å². The Kier molecular flexibility index (Phi) is 7.84. The van der Waals surface area contributed by atoms with E-state index in [2.05, 4.69) is 0 Å². The lowest BCUT2D eigenvalue weighted by molar-refractivity contribution is -0.137. The highest BCUT2D eigenvalue weighted by molar-refractivity contribution is 7.87. The van der Waals surface area contributed by atoms with Gasteiger partial charge < -0.3 is 9.08 Å². The maximum Gasteiger partial charge on any atom is 0.416 e. The fraction of sp³-hybridized carbons (Fsp3) is 0.240. The Labute approximate surface area is 201 Å². The van der Waals surface area contributed by atoms with Gasteiger partial charge in [-0.2, -0.15) is 21.6 Å². The van der Waals surface area contributed by atoms with Gasteiger partial charge >= 0.3 is 16.3 Å². The fourth-order valence-corrected chi connectivity index (χ4v) is 4.32. The molecule has 0 aliphatic heterocycles. The summed E-state index contributed by atoms with van der Waals surface area (Å²) in [4.78, 5) is 13.9. The van der Waals surface area contributed by atoms with Crippen LogP contribution in [0.3, 0.4) is 0 Å². The third-order valence-corrected chi connectivity index (χ3v) is 6.13. The monoisotopic (exact) mass is 509 g/mol. The average molecular weight is 510 g/mol. The van der Waals surface area contributed by atoms with Crippen molar-refractivity contribution >= 4 is 16.0 Å². The summed E-state index contributed by atoms with van der Waals surface area (Å²) >= 11 is 0. The first-order chi connectivity index (χ1) is 16.3. The zero-order chi connectivity index (χ0) is 25.8. The first-order valence-corrected chi connectivity index (χ1v) is 12.0. The minimum absolute atomic E-state index is 0.106. The highest BCUT2D eigenvalue weighted by Crippen LogP contribution is 2.31. The Bertz CT molecular complexity index is 1290. The molecule has 0 heterocycles. The molecule has 0 atom stereocenters. The first kappa shape index (κ1) is 26.2. The van der Waals surface area contributed by atoms with E-state index in [1.54, 1.807) is 11.0 Å². The normalized spacial score (nSPS) is 12.0. The van der Waals surface area contributed by atoms with Crippen LogP contribution in [0.1, 0.15) is 35.3 Å². The maximum atomic E-state index is 13.2. The van der Waals surface area contributed by atoms with Crippen molar-refractivity contribution in [3.05, 3.63) is 95.3 Å². The van der Waals surface area contributed by atoms with Gasteiger partial charge in [0.2, 0.25) is 0 Å². The van der Waals surface area contributed by atoms with E-state index < -0.39 is 32.6 Å². The third kappa shape index (κ3) is 7.05. The largest absolute Gasteiger partial charge is 0.416 e. The Morgan fingerprint density at radius 2 is 1.63 bits per heavy atom. The molecule has 0 unspecified atom stereocenters. The van der Waals surface area contributed by atoms with Crippen LogP contribution in [0.2, 0.25) is 0 Å². The summed E-state index contributed by atoms with van der Waals surface area (Å²) in [5.41, 5.74) is -0.274. The lowest BCUT2D eigenvalue weighted by Gasteiger charge is -2.25. The lowest BCUT2D eigenvalue weighted by atomic mass is 10.1.